The molecule has 0 amide bonds. The molecule has 5 nitrogen and oxygen atoms in total. The Morgan fingerprint density at radius 3 is 2.81 bits per heavy atom. The Hall–Kier alpha value is -0.650. The Bertz CT molecular complexity index is 344. The molecule has 0 aromatic rings. The van der Waals surface area contributed by atoms with Crippen LogP contribution in [0.25, 0.3) is 0 Å². The van der Waals surface area contributed by atoms with Crippen LogP contribution < -0.4 is 5.32 Å². The second-order valence-corrected chi connectivity index (χ2v) is 6.31. The number of likely N-dealkylation sites (N-methyl/N-ethyl adjacent to an activating group) is 1. The van der Waals surface area contributed by atoms with E-state index in [0.29, 0.717) is 18.7 Å². The van der Waals surface area contributed by atoms with Crippen LogP contribution in [0, 0.1) is 0 Å². The Balaban J connectivity index is 2.00. The zero-order chi connectivity index (χ0) is 15.3. The Morgan fingerprint density at radius 2 is 2.19 bits per heavy atom. The second kappa shape index (κ2) is 7.56. The van der Waals surface area contributed by atoms with E-state index in [4.69, 9.17) is 9.47 Å². The summed E-state index contributed by atoms with van der Waals surface area (Å²) in [6.07, 6.45) is 4.88. The quantitative estimate of drug-likeness (QED) is 0.723. The van der Waals surface area contributed by atoms with Gasteiger partial charge in [0, 0.05) is 18.7 Å². The van der Waals surface area contributed by atoms with E-state index in [1.54, 1.807) is 0 Å². The predicted molar refractivity (Wildman–Crippen MR) is 82.3 cm³/mol. The minimum Gasteiger partial charge on any atom is -0.465 e. The minimum atomic E-state index is -0.482. The molecule has 1 saturated carbocycles. The summed E-state index contributed by atoms with van der Waals surface area (Å²) in [6, 6.07) is 0.935. The molecule has 0 bridgehead atoms. The van der Waals surface area contributed by atoms with Gasteiger partial charge in [0.15, 0.2) is 0 Å². The van der Waals surface area contributed by atoms with Crippen LogP contribution in [0.4, 0.5) is 0 Å². The fraction of sp³-hybridized carbons (Fsp3) is 0.938. The molecule has 2 aliphatic rings. The molecule has 3 atom stereocenters. The first-order chi connectivity index (χ1) is 10.1. The SMILES string of the molecule is CCCNC1(C(=O)OCC)CCC(N(C)C2CCOC2)C1. The second-order valence-electron chi connectivity index (χ2n) is 6.31. The van der Waals surface area contributed by atoms with E-state index >= 15 is 0 Å². The first-order valence-electron chi connectivity index (χ1n) is 8.35. The van der Waals surface area contributed by atoms with Gasteiger partial charge in [-0.05, 0) is 52.6 Å². The molecule has 1 aliphatic heterocycles. The lowest BCUT2D eigenvalue weighted by atomic mass is 9.96. The van der Waals surface area contributed by atoms with Crippen molar-refractivity contribution < 1.29 is 14.3 Å². The number of esters is 1. The van der Waals surface area contributed by atoms with Gasteiger partial charge in [-0.25, -0.2) is 0 Å². The maximum atomic E-state index is 12.4. The van der Waals surface area contributed by atoms with Crippen molar-refractivity contribution in [3.63, 3.8) is 0 Å². The molecule has 2 rings (SSSR count). The molecular formula is C16H30N2O3. The summed E-state index contributed by atoms with van der Waals surface area (Å²) in [5.74, 6) is -0.0722. The first-order valence-corrected chi connectivity index (χ1v) is 8.35. The van der Waals surface area contributed by atoms with Gasteiger partial charge in [-0.1, -0.05) is 6.92 Å². The van der Waals surface area contributed by atoms with Crippen LogP contribution in [0.2, 0.25) is 0 Å². The number of carbonyl (C=O) groups excluding carboxylic acids is 1. The minimum absolute atomic E-state index is 0.0722. The van der Waals surface area contributed by atoms with Gasteiger partial charge in [-0.3, -0.25) is 9.69 Å². The molecule has 21 heavy (non-hydrogen) atoms. The summed E-state index contributed by atoms with van der Waals surface area (Å²) in [6.45, 7) is 6.99. The highest BCUT2D eigenvalue weighted by molar-refractivity contribution is 5.81. The molecule has 0 aromatic carbocycles. The summed E-state index contributed by atoms with van der Waals surface area (Å²) >= 11 is 0. The molecule has 1 aliphatic carbocycles. The van der Waals surface area contributed by atoms with Crippen molar-refractivity contribution in [2.75, 3.05) is 33.4 Å². The van der Waals surface area contributed by atoms with Crippen molar-refractivity contribution in [1.82, 2.24) is 10.2 Å². The van der Waals surface area contributed by atoms with Gasteiger partial charge in [-0.15, -0.1) is 0 Å². The molecule has 0 radical (unpaired) electrons. The van der Waals surface area contributed by atoms with Crippen LogP contribution in [0.5, 0.6) is 0 Å². The molecule has 0 aromatic heterocycles. The largest absolute Gasteiger partial charge is 0.465 e. The number of hydrogen-bond donors (Lipinski definition) is 1. The zero-order valence-corrected chi connectivity index (χ0v) is 13.7. The van der Waals surface area contributed by atoms with E-state index in [1.807, 2.05) is 6.92 Å². The third-order valence-corrected chi connectivity index (χ3v) is 4.93. The van der Waals surface area contributed by atoms with Crippen LogP contribution in [0.1, 0.15) is 46.0 Å². The third-order valence-electron chi connectivity index (χ3n) is 4.93. The molecule has 3 unspecified atom stereocenters. The fourth-order valence-corrected chi connectivity index (χ4v) is 3.56. The maximum Gasteiger partial charge on any atom is 0.326 e. The standard InChI is InChI=1S/C16H30N2O3/c1-4-9-17-16(15(19)21-5-2)8-6-13(11-16)18(3)14-7-10-20-12-14/h13-14,17H,4-12H2,1-3H3. The highest BCUT2D eigenvalue weighted by Gasteiger charge is 2.47. The average Bonchev–Trinajstić information content (AvgIpc) is 3.15. The molecule has 1 N–H and O–H groups in total. The normalized spacial score (nSPS) is 32.8. The van der Waals surface area contributed by atoms with Crippen molar-refractivity contribution in [3.8, 4) is 0 Å². The van der Waals surface area contributed by atoms with Crippen molar-refractivity contribution in [1.29, 1.82) is 0 Å². The molecular weight excluding hydrogens is 268 g/mol. The molecule has 122 valence electrons. The van der Waals surface area contributed by atoms with E-state index in [2.05, 4.69) is 24.2 Å². The van der Waals surface area contributed by atoms with Crippen LogP contribution >= 0.6 is 0 Å². The van der Waals surface area contributed by atoms with Crippen molar-refractivity contribution in [2.24, 2.45) is 0 Å². The van der Waals surface area contributed by atoms with Crippen LogP contribution in [-0.4, -0.2) is 61.9 Å². The smallest absolute Gasteiger partial charge is 0.326 e. The van der Waals surface area contributed by atoms with Crippen LogP contribution in [0.15, 0.2) is 0 Å². The summed E-state index contributed by atoms with van der Waals surface area (Å²) in [5.41, 5.74) is -0.482. The Labute approximate surface area is 128 Å². The average molecular weight is 298 g/mol. The fourth-order valence-electron chi connectivity index (χ4n) is 3.56. The maximum absolute atomic E-state index is 12.4. The number of rotatable bonds is 7. The van der Waals surface area contributed by atoms with Crippen molar-refractivity contribution in [3.05, 3.63) is 0 Å². The topological polar surface area (TPSA) is 50.8 Å². The van der Waals surface area contributed by atoms with E-state index in [9.17, 15) is 4.79 Å². The van der Waals surface area contributed by atoms with Gasteiger partial charge in [0.2, 0.25) is 0 Å². The summed E-state index contributed by atoms with van der Waals surface area (Å²) < 4.78 is 10.8. The highest BCUT2D eigenvalue weighted by Crippen LogP contribution is 2.35. The molecule has 0 spiro atoms. The van der Waals surface area contributed by atoms with E-state index in [-0.39, 0.29) is 5.97 Å². The number of ether oxygens (including phenoxy) is 2. The number of carbonyl (C=O) groups is 1. The van der Waals surface area contributed by atoms with Crippen LogP contribution in [-0.2, 0) is 14.3 Å². The van der Waals surface area contributed by atoms with Gasteiger partial charge < -0.3 is 14.8 Å². The Morgan fingerprint density at radius 1 is 1.38 bits per heavy atom. The van der Waals surface area contributed by atoms with Crippen LogP contribution in [0.3, 0.4) is 0 Å². The molecule has 1 heterocycles. The van der Waals surface area contributed by atoms with Crippen molar-refractivity contribution >= 4 is 5.97 Å². The summed E-state index contributed by atoms with van der Waals surface area (Å²) in [4.78, 5) is 14.9. The number of hydrogen-bond acceptors (Lipinski definition) is 5. The highest BCUT2D eigenvalue weighted by atomic mass is 16.5. The summed E-state index contributed by atoms with van der Waals surface area (Å²) in [5, 5.41) is 3.47. The van der Waals surface area contributed by atoms with Gasteiger partial charge in [0.25, 0.3) is 0 Å². The first kappa shape index (κ1) is 16.7. The molecule has 1 saturated heterocycles. The lowest BCUT2D eigenvalue weighted by Gasteiger charge is -2.32. The summed E-state index contributed by atoms with van der Waals surface area (Å²) in [7, 11) is 2.17. The van der Waals surface area contributed by atoms with Gasteiger partial charge in [-0.2, -0.15) is 0 Å². The predicted octanol–water partition coefficient (Wildman–Crippen LogP) is 1.56. The van der Waals surface area contributed by atoms with Gasteiger partial charge in [0.1, 0.15) is 5.54 Å². The lowest BCUT2D eigenvalue weighted by Crippen LogP contribution is -2.53. The molecule has 5 heteroatoms. The number of nitrogens with zero attached hydrogens (tertiary/aromatic N) is 1. The number of nitrogens with one attached hydrogen (secondary N) is 1. The van der Waals surface area contributed by atoms with E-state index in [1.165, 1.54) is 0 Å². The van der Waals surface area contributed by atoms with Gasteiger partial charge in [0.05, 0.1) is 13.2 Å². The van der Waals surface area contributed by atoms with Gasteiger partial charge >= 0.3 is 5.97 Å². The molecule has 2 fully saturated rings. The Kier molecular flexibility index (Phi) is 6.02. The van der Waals surface area contributed by atoms with Crippen molar-refractivity contribution in [2.45, 2.75) is 63.6 Å². The third kappa shape index (κ3) is 3.76. The monoisotopic (exact) mass is 298 g/mol. The van der Waals surface area contributed by atoms with E-state index in [0.717, 1.165) is 51.9 Å². The zero-order valence-electron chi connectivity index (χ0n) is 13.7. The lowest BCUT2D eigenvalue weighted by molar-refractivity contribution is -0.151. The van der Waals surface area contributed by atoms with E-state index < -0.39 is 5.54 Å².